The zero-order valence-corrected chi connectivity index (χ0v) is 6.45. The number of hydrogen-bond acceptors (Lipinski definition) is 0. The molecule has 0 aliphatic carbocycles. The quantitative estimate of drug-likeness (QED) is 0.370. The average Bonchev–Trinajstić information content (AvgIpc) is 0. The van der Waals surface area contributed by atoms with E-state index in [9.17, 15) is 0 Å². The molecule has 0 aliphatic rings. The Balaban J connectivity index is 0. The topological polar surface area (TPSA) is 0 Å². The molecule has 0 aliphatic heterocycles. The number of hydrogen-bond donors (Lipinski definition) is 0. The van der Waals surface area contributed by atoms with Gasteiger partial charge in [0.25, 0.3) is 0 Å². The van der Waals surface area contributed by atoms with Crippen LogP contribution in [0.3, 0.4) is 0 Å². The monoisotopic (exact) mass is 183 g/mol. The van der Waals surface area contributed by atoms with Crippen LogP contribution in [0, 0.1) is 0 Å². The van der Waals surface area contributed by atoms with E-state index < -0.39 is 0 Å². The van der Waals surface area contributed by atoms with Crippen molar-refractivity contribution in [2.75, 3.05) is 0 Å². The summed E-state index contributed by atoms with van der Waals surface area (Å²) in [6.07, 6.45) is 0. The third-order valence-electron chi connectivity index (χ3n) is 0. The normalized spacial score (nSPS) is 0. The zero-order valence-electron chi connectivity index (χ0n) is 1.89. The fourth-order valence-electron chi connectivity index (χ4n) is 0. The van der Waals surface area contributed by atoms with Crippen molar-refractivity contribution in [3.05, 3.63) is 0 Å². The maximum atomic E-state index is 0. The molecule has 0 heterocycles. The fourth-order valence-corrected chi connectivity index (χ4v) is 0. The third kappa shape index (κ3) is 9.19. The van der Waals surface area contributed by atoms with Crippen LogP contribution in [0.2, 0.25) is 0 Å². The van der Waals surface area contributed by atoms with Gasteiger partial charge in [-0.3, -0.25) is 0 Å². The maximum absolute atomic E-state index is 0. The number of rotatable bonds is 0. The third-order valence-corrected chi connectivity index (χ3v) is 0. The van der Waals surface area contributed by atoms with Crippen LogP contribution in [-0.4, -0.2) is 0 Å². The SMILES string of the molecule is P.S.[Co].[Fe]. The Bertz CT molecular complexity index is 8.00. The Hall–Kier alpha value is 1.81. The van der Waals surface area contributed by atoms with E-state index in [0.717, 1.165) is 0 Å². The minimum absolute atomic E-state index is 0. The standard InChI is InChI=1S/Co.Fe.H3P.H2S/h;;1H3;1H2. The molecule has 0 saturated heterocycles. The van der Waals surface area contributed by atoms with E-state index in [2.05, 4.69) is 0 Å². The maximum Gasteiger partial charge on any atom is 0 e. The van der Waals surface area contributed by atoms with Gasteiger partial charge in [0.05, 0.1) is 0 Å². The van der Waals surface area contributed by atoms with Crippen LogP contribution in [0.25, 0.3) is 0 Å². The first-order chi connectivity index (χ1) is 0. The summed E-state index contributed by atoms with van der Waals surface area (Å²) in [6, 6.07) is 0. The van der Waals surface area contributed by atoms with Gasteiger partial charge >= 0.3 is 0 Å². The Morgan fingerprint density at radius 2 is 1.00 bits per heavy atom. The van der Waals surface area contributed by atoms with Gasteiger partial charge in [-0.1, -0.05) is 0 Å². The summed E-state index contributed by atoms with van der Waals surface area (Å²) in [6.45, 7) is 0. The summed E-state index contributed by atoms with van der Waals surface area (Å²) in [7, 11) is 0. The van der Waals surface area contributed by atoms with Crippen LogP contribution in [0.5, 0.6) is 0 Å². The predicted octanol–water partition coefficient (Wildman–Crippen LogP) is 0.166. The molecule has 0 nitrogen and oxygen atoms in total. The first kappa shape index (κ1) is 41.1. The summed E-state index contributed by atoms with van der Waals surface area (Å²) in [5.41, 5.74) is 0. The van der Waals surface area contributed by atoms with Crippen molar-refractivity contribution in [3.8, 4) is 0 Å². The molecule has 0 aromatic rings. The molecule has 0 saturated carbocycles. The Kier molecular flexibility index (Phi) is 219. The molecule has 0 rings (SSSR count). The van der Waals surface area contributed by atoms with Crippen LogP contribution in [0.15, 0.2) is 0 Å². The van der Waals surface area contributed by atoms with E-state index in [1.807, 2.05) is 0 Å². The van der Waals surface area contributed by atoms with E-state index in [0.29, 0.717) is 0 Å². The summed E-state index contributed by atoms with van der Waals surface area (Å²) >= 11 is 0. The molecular formula is H5CoFePS. The van der Waals surface area contributed by atoms with Gasteiger partial charge in [-0.05, 0) is 0 Å². The van der Waals surface area contributed by atoms with E-state index in [1.165, 1.54) is 0 Å². The van der Waals surface area contributed by atoms with Crippen molar-refractivity contribution in [3.63, 3.8) is 0 Å². The first-order valence-corrected chi connectivity index (χ1v) is 0. The molecule has 0 fully saturated rings. The van der Waals surface area contributed by atoms with Crippen molar-refractivity contribution in [1.82, 2.24) is 0 Å². The van der Waals surface area contributed by atoms with Gasteiger partial charge in [-0.15, -0.1) is 0 Å². The Morgan fingerprint density at radius 1 is 1.00 bits per heavy atom. The molecule has 1 unspecified atom stereocenters. The van der Waals surface area contributed by atoms with Gasteiger partial charge in [-0.2, -0.15) is 23.4 Å². The molecule has 33 valence electrons. The second-order valence-corrected chi connectivity index (χ2v) is 0. The van der Waals surface area contributed by atoms with Crippen LogP contribution in [0.4, 0.5) is 0 Å². The molecule has 0 aromatic carbocycles. The van der Waals surface area contributed by atoms with Crippen molar-refractivity contribution in [2.24, 2.45) is 0 Å². The van der Waals surface area contributed by atoms with Crippen molar-refractivity contribution in [2.45, 2.75) is 0 Å². The molecule has 4 heavy (non-hydrogen) atoms. The molecule has 0 N–H and O–H groups in total. The summed E-state index contributed by atoms with van der Waals surface area (Å²) in [5, 5.41) is 0. The summed E-state index contributed by atoms with van der Waals surface area (Å²) in [4.78, 5) is 0. The first-order valence-electron chi connectivity index (χ1n) is 0. The second kappa shape index (κ2) is 21.3. The van der Waals surface area contributed by atoms with Crippen molar-refractivity contribution >= 4 is 23.4 Å². The van der Waals surface area contributed by atoms with Crippen molar-refractivity contribution in [1.29, 1.82) is 0 Å². The molecule has 0 amide bonds. The van der Waals surface area contributed by atoms with Gasteiger partial charge in [0, 0.05) is 33.8 Å². The van der Waals surface area contributed by atoms with Crippen LogP contribution < -0.4 is 0 Å². The summed E-state index contributed by atoms with van der Waals surface area (Å²) < 4.78 is 0. The molecule has 1 atom stereocenters. The second-order valence-electron chi connectivity index (χ2n) is 0. The smallest absolute Gasteiger partial charge is 0 e. The van der Waals surface area contributed by atoms with E-state index in [-0.39, 0.29) is 57.2 Å². The largest absolute Gasteiger partial charge is 0.197 e. The average molecular weight is 183 g/mol. The minimum atomic E-state index is 0. The minimum Gasteiger partial charge on any atom is -0.197 e. The van der Waals surface area contributed by atoms with Gasteiger partial charge in [0.15, 0.2) is 0 Å². The van der Waals surface area contributed by atoms with Gasteiger partial charge in [0.1, 0.15) is 0 Å². The van der Waals surface area contributed by atoms with Crippen molar-refractivity contribution < 1.29 is 33.8 Å². The van der Waals surface area contributed by atoms with Gasteiger partial charge in [0.2, 0.25) is 0 Å². The molecular weight excluding hydrogens is 178 g/mol. The van der Waals surface area contributed by atoms with Gasteiger partial charge in [-0.25, -0.2) is 0 Å². The molecule has 0 bridgehead atoms. The summed E-state index contributed by atoms with van der Waals surface area (Å²) in [5.74, 6) is 0. The molecule has 0 spiro atoms. The predicted molar refractivity (Wildman–Crippen MR) is 21.5 cm³/mol. The molecule has 0 aromatic heterocycles. The van der Waals surface area contributed by atoms with E-state index in [1.54, 1.807) is 0 Å². The van der Waals surface area contributed by atoms with Gasteiger partial charge < -0.3 is 0 Å². The Labute approximate surface area is 57.2 Å². The zero-order chi connectivity index (χ0) is 0. The van der Waals surface area contributed by atoms with Crippen LogP contribution in [0.1, 0.15) is 0 Å². The van der Waals surface area contributed by atoms with E-state index in [4.69, 9.17) is 0 Å². The van der Waals surface area contributed by atoms with Crippen LogP contribution >= 0.6 is 23.4 Å². The van der Waals surface area contributed by atoms with Crippen LogP contribution in [-0.2, 0) is 33.8 Å². The molecule has 4 heteroatoms. The van der Waals surface area contributed by atoms with E-state index >= 15 is 0 Å². The fraction of sp³-hybridized carbons (Fsp3) is 0. The molecule has 1 radical (unpaired) electrons. The Morgan fingerprint density at radius 3 is 1.00 bits per heavy atom.